The zero-order valence-electron chi connectivity index (χ0n) is 15.8. The van der Waals surface area contributed by atoms with Gasteiger partial charge in [-0.1, -0.05) is 12.1 Å². The molecule has 5 N–H and O–H groups in total. The van der Waals surface area contributed by atoms with Crippen molar-refractivity contribution in [2.45, 2.75) is 36.8 Å². The molecule has 0 bridgehead atoms. The number of allylic oxidation sites excluding steroid dienone is 1. The highest BCUT2D eigenvalue weighted by Gasteiger charge is 2.44. The second-order valence-electron chi connectivity index (χ2n) is 6.36. The van der Waals surface area contributed by atoms with E-state index in [9.17, 15) is 30.3 Å². The van der Waals surface area contributed by atoms with Gasteiger partial charge in [0.15, 0.2) is 17.8 Å². The molecule has 0 saturated carbocycles. The predicted octanol–water partition coefficient (Wildman–Crippen LogP) is -1.54. The van der Waals surface area contributed by atoms with E-state index >= 15 is 0 Å². The molecule has 0 aliphatic carbocycles. The molecule has 0 radical (unpaired) electrons. The number of carbonyl (C=O) groups is 1. The average Bonchev–Trinajstić information content (AvgIpc) is 2.75. The van der Waals surface area contributed by atoms with Crippen LogP contribution in [0.3, 0.4) is 0 Å². The van der Waals surface area contributed by atoms with Gasteiger partial charge in [-0.2, -0.15) is 0 Å². The number of carbonyl (C=O) groups excluding carboxylic acids is 1. The first-order chi connectivity index (χ1) is 13.9. The monoisotopic (exact) mass is 414 g/mol. The van der Waals surface area contributed by atoms with E-state index in [2.05, 4.69) is 0 Å². The number of hydrogen-bond acceptors (Lipinski definition) is 10. The SMILES string of the molecule is COc1cc(/C=C/C=O)ccc1O[C@H](CO)CO[C@@H]1O[C@H](CO)[C@@H](O)[C@H](O)[C@H]1O. The highest BCUT2D eigenvalue weighted by atomic mass is 16.7. The summed E-state index contributed by atoms with van der Waals surface area (Å²) >= 11 is 0. The van der Waals surface area contributed by atoms with Crippen molar-refractivity contribution in [3.05, 3.63) is 29.8 Å². The molecule has 0 aromatic heterocycles. The van der Waals surface area contributed by atoms with Crippen molar-refractivity contribution >= 4 is 12.4 Å². The first-order valence-electron chi connectivity index (χ1n) is 8.94. The number of ether oxygens (including phenoxy) is 4. The average molecular weight is 414 g/mol. The molecule has 1 aromatic carbocycles. The van der Waals surface area contributed by atoms with Crippen molar-refractivity contribution in [1.82, 2.24) is 0 Å². The van der Waals surface area contributed by atoms with Gasteiger partial charge in [-0.05, 0) is 23.8 Å². The second kappa shape index (κ2) is 11.2. The van der Waals surface area contributed by atoms with Gasteiger partial charge < -0.3 is 44.5 Å². The molecule has 162 valence electrons. The molecule has 1 fully saturated rings. The molecule has 0 spiro atoms. The second-order valence-corrected chi connectivity index (χ2v) is 6.36. The van der Waals surface area contributed by atoms with Crippen molar-refractivity contribution in [3.8, 4) is 11.5 Å². The molecule has 10 nitrogen and oxygen atoms in total. The van der Waals surface area contributed by atoms with E-state index in [0.717, 1.165) is 0 Å². The minimum atomic E-state index is -1.56. The summed E-state index contributed by atoms with van der Waals surface area (Å²) in [5, 5.41) is 48.3. The number of rotatable bonds is 10. The predicted molar refractivity (Wildman–Crippen MR) is 99.3 cm³/mol. The number of aldehydes is 1. The van der Waals surface area contributed by atoms with Crippen LogP contribution < -0.4 is 9.47 Å². The lowest BCUT2D eigenvalue weighted by atomic mass is 9.99. The Hall–Kier alpha value is -2.05. The minimum absolute atomic E-state index is 0.227. The van der Waals surface area contributed by atoms with Crippen molar-refractivity contribution in [3.63, 3.8) is 0 Å². The van der Waals surface area contributed by atoms with Gasteiger partial charge in [-0.15, -0.1) is 0 Å². The smallest absolute Gasteiger partial charge is 0.186 e. The largest absolute Gasteiger partial charge is 0.493 e. The topological polar surface area (TPSA) is 155 Å². The van der Waals surface area contributed by atoms with Crippen molar-refractivity contribution in [1.29, 1.82) is 0 Å². The molecule has 1 aliphatic rings. The van der Waals surface area contributed by atoms with Crippen LogP contribution in [0.15, 0.2) is 24.3 Å². The zero-order chi connectivity index (χ0) is 21.4. The molecule has 6 atom stereocenters. The third-order valence-corrected chi connectivity index (χ3v) is 4.35. The van der Waals surface area contributed by atoms with E-state index < -0.39 is 50.0 Å². The Bertz CT molecular complexity index is 677. The summed E-state index contributed by atoms with van der Waals surface area (Å²) in [7, 11) is 1.44. The highest BCUT2D eigenvalue weighted by molar-refractivity contribution is 5.74. The Morgan fingerprint density at radius 3 is 2.52 bits per heavy atom. The summed E-state index contributed by atoms with van der Waals surface area (Å²) < 4.78 is 21.6. The summed E-state index contributed by atoms with van der Waals surface area (Å²) in [6.45, 7) is -1.24. The van der Waals surface area contributed by atoms with Crippen LogP contribution in [0.25, 0.3) is 6.08 Å². The van der Waals surface area contributed by atoms with Crippen molar-refractivity contribution in [2.75, 3.05) is 26.9 Å². The van der Waals surface area contributed by atoms with Crippen molar-refractivity contribution < 1.29 is 49.3 Å². The van der Waals surface area contributed by atoms with Gasteiger partial charge in [-0.25, -0.2) is 0 Å². The maximum absolute atomic E-state index is 10.4. The molecule has 1 aliphatic heterocycles. The highest BCUT2D eigenvalue weighted by Crippen LogP contribution is 2.30. The van der Waals surface area contributed by atoms with Gasteiger partial charge in [0.1, 0.15) is 36.8 Å². The van der Waals surface area contributed by atoms with E-state index in [1.54, 1.807) is 24.3 Å². The third-order valence-electron chi connectivity index (χ3n) is 4.35. The Labute approximate surface area is 167 Å². The van der Waals surface area contributed by atoms with Gasteiger partial charge in [-0.3, -0.25) is 4.79 Å². The van der Waals surface area contributed by atoms with E-state index in [-0.39, 0.29) is 6.61 Å². The van der Waals surface area contributed by atoms with Gasteiger partial charge in [0.05, 0.1) is 26.9 Å². The molecular formula is C19H26O10. The number of benzene rings is 1. The van der Waals surface area contributed by atoms with E-state index in [0.29, 0.717) is 23.3 Å². The summed E-state index contributed by atoms with van der Waals surface area (Å²) in [5.74, 6) is 0.677. The summed E-state index contributed by atoms with van der Waals surface area (Å²) in [6.07, 6.45) is -4.33. The first-order valence-corrected chi connectivity index (χ1v) is 8.94. The number of aliphatic hydroxyl groups excluding tert-OH is 5. The standard InChI is InChI=1S/C19H26O10/c1-26-14-7-11(3-2-6-20)4-5-13(14)28-12(8-21)10-27-19-18(25)17(24)16(23)15(9-22)29-19/h2-7,12,15-19,21-25H,8-10H2,1H3/b3-2+/t12-,15-,16-,17+,18-,19-/m1/s1. The number of hydrogen-bond donors (Lipinski definition) is 5. The van der Waals surface area contributed by atoms with Gasteiger partial charge in [0.25, 0.3) is 0 Å². The fraction of sp³-hybridized carbons (Fsp3) is 0.526. The molecule has 1 saturated heterocycles. The maximum atomic E-state index is 10.4. The summed E-state index contributed by atoms with van der Waals surface area (Å²) in [4.78, 5) is 10.4. The number of aliphatic hydroxyl groups is 5. The van der Waals surface area contributed by atoms with Crippen molar-refractivity contribution in [2.24, 2.45) is 0 Å². The van der Waals surface area contributed by atoms with Crippen LogP contribution in [0.1, 0.15) is 5.56 Å². The Morgan fingerprint density at radius 2 is 1.90 bits per heavy atom. The quantitative estimate of drug-likeness (QED) is 0.225. The Balaban J connectivity index is 2.01. The fourth-order valence-electron chi connectivity index (χ4n) is 2.75. The molecule has 2 rings (SSSR count). The van der Waals surface area contributed by atoms with Crippen LogP contribution in [-0.4, -0.2) is 95.6 Å². The number of methoxy groups -OCH3 is 1. The van der Waals surface area contributed by atoms with Crippen LogP contribution >= 0.6 is 0 Å². The van der Waals surface area contributed by atoms with Gasteiger partial charge in [0.2, 0.25) is 0 Å². The fourth-order valence-corrected chi connectivity index (χ4v) is 2.75. The van der Waals surface area contributed by atoms with Crippen LogP contribution in [0.4, 0.5) is 0 Å². The molecule has 1 aromatic rings. The lowest BCUT2D eigenvalue weighted by molar-refractivity contribution is -0.304. The Kier molecular flexibility index (Phi) is 8.99. The van der Waals surface area contributed by atoms with E-state index in [1.807, 2.05) is 0 Å². The zero-order valence-corrected chi connectivity index (χ0v) is 15.8. The first kappa shape index (κ1) is 23.2. The van der Waals surface area contributed by atoms with Crippen LogP contribution in [0, 0.1) is 0 Å². The van der Waals surface area contributed by atoms with Crippen LogP contribution in [0.5, 0.6) is 11.5 Å². The summed E-state index contributed by atoms with van der Waals surface area (Å²) in [6, 6.07) is 4.92. The molecule has 0 unspecified atom stereocenters. The normalized spacial score (nSPS) is 28.3. The van der Waals surface area contributed by atoms with Gasteiger partial charge in [0, 0.05) is 0 Å². The molecular weight excluding hydrogens is 388 g/mol. The van der Waals surface area contributed by atoms with Crippen LogP contribution in [-0.2, 0) is 14.3 Å². The third kappa shape index (κ3) is 5.97. The Morgan fingerprint density at radius 1 is 1.14 bits per heavy atom. The molecule has 0 amide bonds. The maximum Gasteiger partial charge on any atom is 0.186 e. The minimum Gasteiger partial charge on any atom is -0.493 e. The lowest BCUT2D eigenvalue weighted by Crippen LogP contribution is -2.59. The molecule has 10 heteroatoms. The summed E-state index contributed by atoms with van der Waals surface area (Å²) in [5.41, 5.74) is 0.708. The molecule has 1 heterocycles. The van der Waals surface area contributed by atoms with E-state index in [1.165, 1.54) is 13.2 Å². The molecule has 29 heavy (non-hydrogen) atoms. The lowest BCUT2D eigenvalue weighted by Gasteiger charge is -2.39. The van der Waals surface area contributed by atoms with Gasteiger partial charge >= 0.3 is 0 Å². The van der Waals surface area contributed by atoms with E-state index in [4.69, 9.17) is 18.9 Å². The van der Waals surface area contributed by atoms with Crippen LogP contribution in [0.2, 0.25) is 0 Å².